The number of nitro groups is 1. The Balaban J connectivity index is 1.24. The highest BCUT2D eigenvalue weighted by molar-refractivity contribution is 6.38. The first-order valence-corrected chi connectivity index (χ1v) is 14.4. The van der Waals surface area contributed by atoms with Gasteiger partial charge >= 0.3 is 5.97 Å². The standard InChI is InChI=1S/C32H19Cl3N2O6/c33-19-13-12-18(25(15-19)37(41)42)16-43-30(40)17-6-5-7-20(14-17)36-28(38)26-27(29(36)39)32(35)22-9-2-1-8-21(22)31(26,34)23-10-3-4-11-24(23)32/h1-15,26-27H,16H2/t26-,27-,31?,32?/m0/s1. The van der Waals surface area contributed by atoms with Crippen molar-refractivity contribution in [3.8, 4) is 0 Å². The minimum absolute atomic E-state index is 0.0420. The summed E-state index contributed by atoms with van der Waals surface area (Å²) < 4.78 is 5.35. The molecule has 0 N–H and O–H groups in total. The van der Waals surface area contributed by atoms with Crippen molar-refractivity contribution in [1.82, 2.24) is 0 Å². The zero-order valence-corrected chi connectivity index (χ0v) is 24.3. The Kier molecular flexibility index (Phi) is 6.18. The van der Waals surface area contributed by atoms with Gasteiger partial charge in [0.1, 0.15) is 16.4 Å². The normalized spacial score (nSPS) is 24.8. The quantitative estimate of drug-likeness (QED) is 0.0796. The fourth-order valence-corrected chi connectivity index (χ4v) is 8.01. The Morgan fingerprint density at radius 2 is 1.35 bits per heavy atom. The van der Waals surface area contributed by atoms with E-state index in [-0.39, 0.29) is 34.1 Å². The zero-order chi connectivity index (χ0) is 30.3. The van der Waals surface area contributed by atoms with Crippen LogP contribution in [0.1, 0.15) is 38.2 Å². The average Bonchev–Trinajstić information content (AvgIpc) is 3.29. The number of nitro benzene ring substituents is 1. The van der Waals surface area contributed by atoms with Crippen molar-refractivity contribution in [2.24, 2.45) is 11.8 Å². The second-order valence-electron chi connectivity index (χ2n) is 10.6. The van der Waals surface area contributed by atoms with Gasteiger partial charge in [-0.1, -0.05) is 66.2 Å². The van der Waals surface area contributed by atoms with Crippen LogP contribution in [0.15, 0.2) is 91.0 Å². The van der Waals surface area contributed by atoms with Crippen LogP contribution < -0.4 is 4.90 Å². The van der Waals surface area contributed by atoms with Crippen LogP contribution in [0.4, 0.5) is 11.4 Å². The first-order chi connectivity index (χ1) is 20.6. The van der Waals surface area contributed by atoms with E-state index >= 15 is 0 Å². The largest absolute Gasteiger partial charge is 0.457 e. The van der Waals surface area contributed by atoms with Crippen LogP contribution in [0.3, 0.4) is 0 Å². The summed E-state index contributed by atoms with van der Waals surface area (Å²) in [6.07, 6.45) is 0. The summed E-state index contributed by atoms with van der Waals surface area (Å²) in [5.41, 5.74) is 2.80. The molecular weight excluding hydrogens is 615 g/mol. The Labute approximate surface area is 259 Å². The minimum Gasteiger partial charge on any atom is -0.457 e. The van der Waals surface area contributed by atoms with Crippen LogP contribution in [0, 0.1) is 22.0 Å². The molecule has 0 aromatic heterocycles. The zero-order valence-electron chi connectivity index (χ0n) is 22.0. The van der Waals surface area contributed by atoms with Crippen LogP contribution in [0.25, 0.3) is 0 Å². The lowest BCUT2D eigenvalue weighted by Gasteiger charge is -2.54. The predicted octanol–water partition coefficient (Wildman–Crippen LogP) is 6.70. The van der Waals surface area contributed by atoms with Crippen LogP contribution >= 0.6 is 34.8 Å². The predicted molar refractivity (Wildman–Crippen MR) is 159 cm³/mol. The number of rotatable bonds is 5. The van der Waals surface area contributed by atoms with Gasteiger partial charge in [0.05, 0.1) is 33.6 Å². The summed E-state index contributed by atoms with van der Waals surface area (Å²) in [6.45, 7) is -0.387. The lowest BCUT2D eigenvalue weighted by atomic mass is 9.54. The molecule has 1 aliphatic heterocycles. The molecule has 0 unspecified atom stereocenters. The molecule has 4 aliphatic rings. The molecule has 4 aromatic carbocycles. The van der Waals surface area contributed by atoms with Gasteiger partial charge in [-0.05, 0) is 52.6 Å². The molecule has 2 bridgehead atoms. The first-order valence-electron chi connectivity index (χ1n) is 13.2. The smallest absolute Gasteiger partial charge is 0.338 e. The second kappa shape index (κ2) is 9.64. The summed E-state index contributed by atoms with van der Waals surface area (Å²) in [7, 11) is 0. The fraction of sp³-hybridized carbons (Fsp3) is 0.156. The number of alkyl halides is 2. The van der Waals surface area contributed by atoms with E-state index in [1.807, 2.05) is 48.5 Å². The third-order valence-electron chi connectivity index (χ3n) is 8.53. The number of hydrogen-bond acceptors (Lipinski definition) is 6. The molecule has 2 atom stereocenters. The number of hydrogen-bond donors (Lipinski definition) is 0. The maximum atomic E-state index is 14.2. The highest BCUT2D eigenvalue weighted by Gasteiger charge is 2.73. The van der Waals surface area contributed by atoms with Crippen molar-refractivity contribution in [3.63, 3.8) is 0 Å². The van der Waals surface area contributed by atoms with Crippen molar-refractivity contribution < 1.29 is 24.0 Å². The van der Waals surface area contributed by atoms with Crippen molar-refractivity contribution >= 4 is 64.0 Å². The van der Waals surface area contributed by atoms with E-state index in [1.165, 1.54) is 42.5 Å². The second-order valence-corrected chi connectivity index (χ2v) is 12.3. The third kappa shape index (κ3) is 3.73. The number of ether oxygens (including phenoxy) is 1. The lowest BCUT2D eigenvalue weighted by Crippen LogP contribution is -2.57. The Morgan fingerprint density at radius 1 is 0.814 bits per heavy atom. The SMILES string of the molecule is O=C(OCc1ccc(Cl)cc1[N+](=O)[O-])c1cccc(N2C(=O)[C@@H]3[C@@H](C2=O)C2(Cl)c4ccccc4C3(Cl)c3ccccc32)c1. The van der Waals surface area contributed by atoms with Gasteiger partial charge in [-0.2, -0.15) is 0 Å². The molecule has 8 rings (SSSR count). The molecular formula is C32H19Cl3N2O6. The number of amides is 2. The number of benzene rings is 4. The highest BCUT2D eigenvalue weighted by atomic mass is 35.5. The van der Waals surface area contributed by atoms with Gasteiger partial charge in [-0.15, -0.1) is 23.2 Å². The molecule has 0 spiro atoms. The van der Waals surface area contributed by atoms with Crippen LogP contribution in [0.2, 0.25) is 5.02 Å². The Hall–Kier alpha value is -4.24. The number of carbonyl (C=O) groups is 3. The molecule has 1 saturated heterocycles. The summed E-state index contributed by atoms with van der Waals surface area (Å²) in [6, 6.07) is 24.6. The van der Waals surface area contributed by atoms with Crippen LogP contribution in [-0.4, -0.2) is 22.7 Å². The number of carbonyl (C=O) groups excluding carboxylic acids is 3. The van der Waals surface area contributed by atoms with Crippen LogP contribution in [-0.2, 0) is 30.7 Å². The number of halogens is 3. The summed E-state index contributed by atoms with van der Waals surface area (Å²) in [5, 5.41) is 11.6. The molecule has 0 radical (unpaired) electrons. The van der Waals surface area contributed by atoms with E-state index in [1.54, 1.807) is 0 Å². The van der Waals surface area contributed by atoms with Gasteiger partial charge in [-0.25, -0.2) is 9.69 Å². The summed E-state index contributed by atoms with van der Waals surface area (Å²) in [4.78, 5) is 50.6. The van der Waals surface area contributed by atoms with Crippen LogP contribution in [0.5, 0.6) is 0 Å². The van der Waals surface area contributed by atoms with Crippen molar-refractivity contribution in [3.05, 3.63) is 140 Å². The number of imide groups is 1. The molecule has 0 saturated carbocycles. The van der Waals surface area contributed by atoms with Gasteiger partial charge in [0.25, 0.3) is 5.69 Å². The summed E-state index contributed by atoms with van der Waals surface area (Å²) in [5.74, 6) is -3.84. The van der Waals surface area contributed by atoms with E-state index in [4.69, 9.17) is 39.5 Å². The molecule has 3 aliphatic carbocycles. The minimum atomic E-state index is -1.33. The van der Waals surface area contributed by atoms with Crippen molar-refractivity contribution in [2.45, 2.75) is 16.4 Å². The van der Waals surface area contributed by atoms with E-state index in [0.29, 0.717) is 22.3 Å². The number of nitrogens with zero attached hydrogens (tertiary/aromatic N) is 2. The molecule has 1 fully saturated rings. The summed E-state index contributed by atoms with van der Waals surface area (Å²) >= 11 is 20.8. The fourth-order valence-electron chi connectivity index (χ4n) is 6.75. The topological polar surface area (TPSA) is 107 Å². The Bertz CT molecular complexity index is 1790. The van der Waals surface area contributed by atoms with E-state index in [2.05, 4.69) is 0 Å². The maximum absolute atomic E-state index is 14.2. The highest BCUT2D eigenvalue weighted by Crippen LogP contribution is 2.69. The third-order valence-corrected chi connectivity index (χ3v) is 10.0. The monoisotopic (exact) mass is 632 g/mol. The van der Waals surface area contributed by atoms with Gasteiger partial charge in [0, 0.05) is 11.1 Å². The van der Waals surface area contributed by atoms with Crippen molar-refractivity contribution in [1.29, 1.82) is 0 Å². The molecule has 2 amide bonds. The van der Waals surface area contributed by atoms with E-state index < -0.39 is 44.3 Å². The molecule has 11 heteroatoms. The lowest BCUT2D eigenvalue weighted by molar-refractivity contribution is -0.385. The van der Waals surface area contributed by atoms with E-state index in [0.717, 1.165) is 4.90 Å². The van der Waals surface area contributed by atoms with Gasteiger partial charge < -0.3 is 4.74 Å². The van der Waals surface area contributed by atoms with Crippen molar-refractivity contribution in [2.75, 3.05) is 4.90 Å². The molecule has 1 heterocycles. The van der Waals surface area contributed by atoms with Gasteiger partial charge in [-0.3, -0.25) is 19.7 Å². The van der Waals surface area contributed by atoms with E-state index in [9.17, 15) is 24.5 Å². The first kappa shape index (κ1) is 27.6. The molecule has 8 nitrogen and oxygen atoms in total. The average molecular weight is 634 g/mol. The molecule has 214 valence electrons. The number of esters is 1. The number of anilines is 1. The molecule has 43 heavy (non-hydrogen) atoms. The molecule has 4 aromatic rings. The van der Waals surface area contributed by atoms with Gasteiger partial charge in [0.2, 0.25) is 11.8 Å². The Morgan fingerprint density at radius 3 is 1.86 bits per heavy atom. The van der Waals surface area contributed by atoms with Gasteiger partial charge in [0.15, 0.2) is 0 Å². The maximum Gasteiger partial charge on any atom is 0.338 e.